The zero-order valence-corrected chi connectivity index (χ0v) is 9.06. The molecule has 1 heterocycles. The summed E-state index contributed by atoms with van der Waals surface area (Å²) in [5, 5.41) is 0. The molecule has 82 valence electrons. The summed E-state index contributed by atoms with van der Waals surface area (Å²) < 4.78 is 8.70. The van der Waals surface area contributed by atoms with Crippen molar-refractivity contribution in [1.29, 1.82) is 0 Å². The van der Waals surface area contributed by atoms with E-state index in [4.69, 9.17) is 4.74 Å². The van der Waals surface area contributed by atoms with Gasteiger partial charge in [-0.1, -0.05) is 6.42 Å². The number of imidazole rings is 1. The number of aryl methyl sites for hydroxylation is 1. The third-order valence-corrected chi connectivity index (χ3v) is 2.80. The fourth-order valence-corrected chi connectivity index (χ4v) is 1.94. The summed E-state index contributed by atoms with van der Waals surface area (Å²) in [6, 6.07) is 0. The van der Waals surface area contributed by atoms with Crippen LogP contribution in [0.4, 0.5) is 4.79 Å². The molecule has 4 heteroatoms. The molecule has 0 spiro atoms. The van der Waals surface area contributed by atoms with E-state index in [2.05, 4.69) is 0 Å². The van der Waals surface area contributed by atoms with Crippen LogP contribution in [0.2, 0.25) is 0 Å². The van der Waals surface area contributed by atoms with E-state index in [0.29, 0.717) is 0 Å². The predicted molar refractivity (Wildman–Crippen MR) is 54.4 cm³/mol. The molecule has 4 nitrogen and oxygen atoms in total. The smallest absolute Gasteiger partial charge is 0.428 e. The SMILES string of the molecule is C[n+]1ccn(C(=O)OC2CCCCC2)c1. The molecule has 0 radical (unpaired) electrons. The van der Waals surface area contributed by atoms with Gasteiger partial charge in [-0.15, -0.1) is 4.57 Å². The Morgan fingerprint density at radius 3 is 2.73 bits per heavy atom. The lowest BCUT2D eigenvalue weighted by Crippen LogP contribution is -2.27. The maximum atomic E-state index is 11.7. The number of aromatic nitrogens is 2. The van der Waals surface area contributed by atoms with E-state index < -0.39 is 0 Å². The highest BCUT2D eigenvalue weighted by Gasteiger charge is 2.21. The van der Waals surface area contributed by atoms with Gasteiger partial charge in [0.15, 0.2) is 0 Å². The van der Waals surface area contributed by atoms with Crippen molar-refractivity contribution in [1.82, 2.24) is 4.57 Å². The molecule has 15 heavy (non-hydrogen) atoms. The number of hydrogen-bond donors (Lipinski definition) is 0. The Labute approximate surface area is 89.5 Å². The van der Waals surface area contributed by atoms with Gasteiger partial charge in [0, 0.05) is 0 Å². The minimum Gasteiger partial charge on any atom is -0.428 e. The molecule has 0 saturated heterocycles. The Balaban J connectivity index is 1.91. The van der Waals surface area contributed by atoms with E-state index in [1.165, 1.54) is 23.8 Å². The molecule has 1 aliphatic rings. The Bertz CT molecular complexity index is 340. The van der Waals surface area contributed by atoms with E-state index in [1.54, 1.807) is 12.5 Å². The van der Waals surface area contributed by atoms with E-state index in [9.17, 15) is 4.79 Å². The van der Waals surface area contributed by atoms with Gasteiger partial charge in [-0.3, -0.25) is 0 Å². The average Bonchev–Trinajstić information content (AvgIpc) is 2.66. The summed E-state index contributed by atoms with van der Waals surface area (Å²) in [5.41, 5.74) is 0. The number of rotatable bonds is 1. The Kier molecular flexibility index (Phi) is 3.04. The fourth-order valence-electron chi connectivity index (χ4n) is 1.94. The lowest BCUT2D eigenvalue weighted by molar-refractivity contribution is -0.670. The molecular formula is C11H17N2O2+. The van der Waals surface area contributed by atoms with E-state index in [1.807, 2.05) is 17.8 Å². The van der Waals surface area contributed by atoms with Crippen LogP contribution in [0.1, 0.15) is 32.1 Å². The first-order valence-electron chi connectivity index (χ1n) is 5.50. The molecule has 2 rings (SSSR count). The number of ether oxygens (including phenoxy) is 1. The fraction of sp³-hybridized carbons (Fsp3) is 0.636. The Morgan fingerprint density at radius 2 is 2.13 bits per heavy atom. The second-order valence-corrected chi connectivity index (χ2v) is 4.13. The summed E-state index contributed by atoms with van der Waals surface area (Å²) in [6.07, 6.45) is 10.8. The molecule has 0 atom stereocenters. The first-order valence-corrected chi connectivity index (χ1v) is 5.50. The maximum absolute atomic E-state index is 11.7. The summed E-state index contributed by atoms with van der Waals surface area (Å²) in [5.74, 6) is 0. The molecule has 1 saturated carbocycles. The molecule has 0 amide bonds. The highest BCUT2D eigenvalue weighted by atomic mass is 16.6. The van der Waals surface area contributed by atoms with Gasteiger partial charge >= 0.3 is 6.09 Å². The topological polar surface area (TPSA) is 35.1 Å². The van der Waals surface area contributed by atoms with Crippen LogP contribution in [0.25, 0.3) is 0 Å². The third-order valence-electron chi connectivity index (χ3n) is 2.80. The molecular weight excluding hydrogens is 192 g/mol. The van der Waals surface area contributed by atoms with Crippen LogP contribution in [0.5, 0.6) is 0 Å². The van der Waals surface area contributed by atoms with Crippen molar-refractivity contribution >= 4 is 6.09 Å². The van der Waals surface area contributed by atoms with Gasteiger partial charge in [-0.25, -0.2) is 4.57 Å². The van der Waals surface area contributed by atoms with Crippen LogP contribution < -0.4 is 4.57 Å². The molecule has 0 N–H and O–H groups in total. The van der Waals surface area contributed by atoms with Gasteiger partial charge in [0.1, 0.15) is 18.5 Å². The predicted octanol–water partition coefficient (Wildman–Crippen LogP) is 1.63. The van der Waals surface area contributed by atoms with E-state index in [-0.39, 0.29) is 12.2 Å². The third kappa shape index (κ3) is 2.58. The second kappa shape index (κ2) is 4.47. The normalized spacial score (nSPS) is 17.7. The van der Waals surface area contributed by atoms with Gasteiger partial charge in [0.25, 0.3) is 6.33 Å². The van der Waals surface area contributed by atoms with Crippen molar-refractivity contribution in [3.8, 4) is 0 Å². The molecule has 0 aliphatic heterocycles. The van der Waals surface area contributed by atoms with Gasteiger partial charge in [-0.2, -0.15) is 4.79 Å². The zero-order chi connectivity index (χ0) is 10.7. The van der Waals surface area contributed by atoms with Crippen molar-refractivity contribution in [2.24, 2.45) is 7.05 Å². The van der Waals surface area contributed by atoms with E-state index in [0.717, 1.165) is 12.8 Å². The Morgan fingerprint density at radius 1 is 1.40 bits per heavy atom. The van der Waals surface area contributed by atoms with Crippen LogP contribution in [0.15, 0.2) is 18.7 Å². The summed E-state index contributed by atoms with van der Waals surface area (Å²) in [4.78, 5) is 11.7. The van der Waals surface area contributed by atoms with Crippen LogP contribution in [0.3, 0.4) is 0 Å². The van der Waals surface area contributed by atoms with Crippen LogP contribution in [-0.4, -0.2) is 16.8 Å². The molecule has 1 aromatic heterocycles. The first-order chi connectivity index (χ1) is 7.25. The quantitative estimate of drug-likeness (QED) is 0.659. The summed E-state index contributed by atoms with van der Waals surface area (Å²) >= 11 is 0. The van der Waals surface area contributed by atoms with Crippen LogP contribution in [0, 0.1) is 0 Å². The van der Waals surface area contributed by atoms with E-state index >= 15 is 0 Å². The standard InChI is InChI=1S/C11H17N2O2/c1-12-7-8-13(9-12)11(14)15-10-5-3-2-4-6-10/h7-10H,2-6H2,1H3/q+1. The Hall–Kier alpha value is -1.32. The van der Waals surface area contributed by atoms with Crippen molar-refractivity contribution in [2.75, 3.05) is 0 Å². The second-order valence-electron chi connectivity index (χ2n) is 4.13. The van der Waals surface area contributed by atoms with Crippen molar-refractivity contribution in [2.45, 2.75) is 38.2 Å². The number of hydrogen-bond acceptors (Lipinski definition) is 2. The lowest BCUT2D eigenvalue weighted by atomic mass is 9.98. The highest BCUT2D eigenvalue weighted by molar-refractivity contribution is 5.69. The van der Waals surface area contributed by atoms with Gasteiger partial charge in [-0.05, 0) is 25.7 Å². The molecule has 1 aromatic rings. The highest BCUT2D eigenvalue weighted by Crippen LogP contribution is 2.20. The lowest BCUT2D eigenvalue weighted by Gasteiger charge is -2.20. The molecule has 0 aromatic carbocycles. The first kappa shape index (κ1) is 10.2. The van der Waals surface area contributed by atoms with Crippen LogP contribution >= 0.6 is 0 Å². The van der Waals surface area contributed by atoms with Gasteiger partial charge < -0.3 is 4.74 Å². The van der Waals surface area contributed by atoms with Crippen molar-refractivity contribution in [3.63, 3.8) is 0 Å². The van der Waals surface area contributed by atoms with Gasteiger partial charge in [0.2, 0.25) is 0 Å². The van der Waals surface area contributed by atoms with Crippen molar-refractivity contribution < 1.29 is 14.1 Å². The molecule has 0 bridgehead atoms. The molecule has 0 unspecified atom stereocenters. The zero-order valence-electron chi connectivity index (χ0n) is 9.06. The molecule has 1 aliphatic carbocycles. The minimum atomic E-state index is -0.262. The summed E-state index contributed by atoms with van der Waals surface area (Å²) in [6.45, 7) is 0. The number of nitrogens with zero attached hydrogens (tertiary/aromatic N) is 2. The largest absolute Gasteiger partial charge is 0.511 e. The minimum absolute atomic E-state index is 0.124. The maximum Gasteiger partial charge on any atom is 0.511 e. The average molecular weight is 209 g/mol. The van der Waals surface area contributed by atoms with Gasteiger partial charge in [0.05, 0.1) is 7.05 Å². The van der Waals surface area contributed by atoms with Crippen molar-refractivity contribution in [3.05, 3.63) is 18.7 Å². The monoisotopic (exact) mass is 209 g/mol. The number of carbonyl (C=O) groups excluding carboxylic acids is 1. The summed E-state index contributed by atoms with van der Waals surface area (Å²) in [7, 11) is 1.88. The number of carbonyl (C=O) groups is 1. The molecule has 1 fully saturated rings. The van der Waals surface area contributed by atoms with Crippen LogP contribution in [-0.2, 0) is 11.8 Å².